The van der Waals surface area contributed by atoms with Crippen molar-refractivity contribution in [2.24, 2.45) is 0 Å². The highest BCUT2D eigenvalue weighted by Crippen LogP contribution is 2.13. The van der Waals surface area contributed by atoms with E-state index in [9.17, 15) is 0 Å². The fourth-order valence-corrected chi connectivity index (χ4v) is 4.30. The largest absolute Gasteiger partial charge is 0.550 e. The van der Waals surface area contributed by atoms with Gasteiger partial charge in [0.1, 0.15) is 18.9 Å². The number of aliphatic carboxylic acids is 1. The molecule has 0 amide bonds. The SMILES string of the molecule is CC(=O)[O-].CCCCCCCCCCCCCCCCCCn1cc[n+](Cc2ccccc2)c1. The lowest BCUT2D eigenvalue weighted by atomic mass is 10.0. The quantitative estimate of drug-likeness (QED) is 0.167. The van der Waals surface area contributed by atoms with Gasteiger partial charge in [-0.05, 0) is 25.3 Å². The molecule has 0 aliphatic rings. The predicted molar refractivity (Wildman–Crippen MR) is 140 cm³/mol. The molecule has 4 heteroatoms. The molecule has 0 saturated carbocycles. The van der Waals surface area contributed by atoms with Crippen LogP contribution in [0.2, 0.25) is 0 Å². The maximum atomic E-state index is 8.89. The first-order valence-electron chi connectivity index (χ1n) is 13.9. The molecule has 2 aromatic rings. The van der Waals surface area contributed by atoms with Crippen molar-refractivity contribution in [1.29, 1.82) is 0 Å². The number of unbranched alkanes of at least 4 members (excludes halogenated alkanes) is 15. The number of imidazole rings is 1. The van der Waals surface area contributed by atoms with Crippen molar-refractivity contribution < 1.29 is 14.5 Å². The second-order valence-electron chi connectivity index (χ2n) is 9.60. The third kappa shape index (κ3) is 18.3. The van der Waals surface area contributed by atoms with Crippen molar-refractivity contribution in [3.05, 3.63) is 54.6 Å². The van der Waals surface area contributed by atoms with E-state index in [1.807, 2.05) is 0 Å². The maximum absolute atomic E-state index is 8.89. The van der Waals surface area contributed by atoms with Gasteiger partial charge in [-0.25, -0.2) is 9.13 Å². The Morgan fingerprint density at radius 3 is 1.68 bits per heavy atom. The first kappa shape index (κ1) is 29.9. The second-order valence-corrected chi connectivity index (χ2v) is 9.60. The van der Waals surface area contributed by atoms with E-state index in [1.54, 1.807) is 0 Å². The molecule has 2 rings (SSSR count). The van der Waals surface area contributed by atoms with Gasteiger partial charge in [-0.2, -0.15) is 0 Å². The zero-order chi connectivity index (χ0) is 24.7. The van der Waals surface area contributed by atoms with Crippen LogP contribution in [0.25, 0.3) is 0 Å². The molecular weight excluding hydrogens is 420 g/mol. The van der Waals surface area contributed by atoms with Gasteiger partial charge in [0.2, 0.25) is 6.33 Å². The Morgan fingerprint density at radius 2 is 1.21 bits per heavy atom. The lowest BCUT2D eigenvalue weighted by Gasteiger charge is -2.03. The van der Waals surface area contributed by atoms with Gasteiger partial charge < -0.3 is 9.90 Å². The van der Waals surface area contributed by atoms with E-state index < -0.39 is 5.97 Å². The van der Waals surface area contributed by atoms with Crippen molar-refractivity contribution in [3.63, 3.8) is 0 Å². The Balaban J connectivity index is 0.00000133. The van der Waals surface area contributed by atoms with E-state index in [2.05, 4.69) is 65.1 Å². The molecule has 1 aromatic heterocycles. The number of carbonyl (C=O) groups is 1. The first-order chi connectivity index (χ1) is 16.6. The van der Waals surface area contributed by atoms with Gasteiger partial charge >= 0.3 is 0 Å². The molecule has 0 saturated heterocycles. The van der Waals surface area contributed by atoms with Gasteiger partial charge in [-0.1, -0.05) is 127 Å². The number of hydrogen-bond acceptors (Lipinski definition) is 2. The summed E-state index contributed by atoms with van der Waals surface area (Å²) in [4.78, 5) is 8.89. The Kier molecular flexibility index (Phi) is 18.9. The van der Waals surface area contributed by atoms with Crippen LogP contribution in [0.5, 0.6) is 0 Å². The molecule has 1 heterocycles. The fraction of sp³-hybridized carbons (Fsp3) is 0.667. The Morgan fingerprint density at radius 1 is 0.765 bits per heavy atom. The van der Waals surface area contributed by atoms with Gasteiger partial charge in [-0.15, -0.1) is 0 Å². The van der Waals surface area contributed by atoms with Crippen LogP contribution in [0.3, 0.4) is 0 Å². The summed E-state index contributed by atoms with van der Waals surface area (Å²) in [5, 5.41) is 8.89. The zero-order valence-electron chi connectivity index (χ0n) is 22.1. The molecule has 0 radical (unpaired) electrons. The molecule has 0 N–H and O–H groups in total. The second kappa shape index (κ2) is 21.4. The number of carboxylic acids is 1. The Hall–Kier alpha value is -2.10. The van der Waals surface area contributed by atoms with Crippen LogP contribution in [0, 0.1) is 0 Å². The number of aryl methyl sites for hydroxylation is 1. The Labute approximate surface area is 209 Å². The summed E-state index contributed by atoms with van der Waals surface area (Å²) in [7, 11) is 0. The minimum Gasteiger partial charge on any atom is -0.550 e. The highest BCUT2D eigenvalue weighted by Gasteiger charge is 2.04. The normalized spacial score (nSPS) is 10.6. The number of carboxylic acid groups (broad SMARTS) is 1. The number of benzene rings is 1. The molecule has 4 nitrogen and oxygen atoms in total. The average molecular weight is 471 g/mol. The summed E-state index contributed by atoms with van der Waals surface area (Å²) in [5.74, 6) is -1.08. The number of carbonyl (C=O) groups excluding carboxylic acids is 1. The van der Waals surface area contributed by atoms with E-state index in [0.29, 0.717) is 0 Å². The van der Waals surface area contributed by atoms with Crippen LogP contribution in [-0.4, -0.2) is 10.5 Å². The van der Waals surface area contributed by atoms with E-state index in [0.717, 1.165) is 20.0 Å². The van der Waals surface area contributed by atoms with Crippen molar-refractivity contribution in [2.75, 3.05) is 0 Å². The van der Waals surface area contributed by atoms with Crippen molar-refractivity contribution >= 4 is 5.97 Å². The number of nitrogens with zero attached hydrogens (tertiary/aromatic N) is 2. The van der Waals surface area contributed by atoms with E-state index >= 15 is 0 Å². The number of hydrogen-bond donors (Lipinski definition) is 0. The summed E-state index contributed by atoms with van der Waals surface area (Å²) < 4.78 is 4.62. The van der Waals surface area contributed by atoms with E-state index in [4.69, 9.17) is 9.90 Å². The third-order valence-electron chi connectivity index (χ3n) is 6.22. The number of aromatic nitrogens is 2. The summed E-state index contributed by atoms with van der Waals surface area (Å²) in [6.45, 7) is 5.39. The molecule has 0 unspecified atom stereocenters. The third-order valence-corrected chi connectivity index (χ3v) is 6.22. The maximum Gasteiger partial charge on any atom is 0.244 e. The van der Waals surface area contributed by atoms with Gasteiger partial charge in [0, 0.05) is 5.97 Å². The number of rotatable bonds is 19. The summed E-state index contributed by atoms with van der Waals surface area (Å²) in [6.07, 6.45) is 29.6. The minimum atomic E-state index is -1.08. The highest BCUT2D eigenvalue weighted by molar-refractivity contribution is 5.60. The highest BCUT2D eigenvalue weighted by atomic mass is 16.4. The molecular formula is C30H50N2O2. The first-order valence-corrected chi connectivity index (χ1v) is 13.9. The van der Waals surface area contributed by atoms with Crippen LogP contribution < -0.4 is 9.67 Å². The summed E-state index contributed by atoms with van der Waals surface area (Å²) in [6, 6.07) is 10.7. The van der Waals surface area contributed by atoms with Gasteiger partial charge in [-0.3, -0.25) is 0 Å². The van der Waals surface area contributed by atoms with Gasteiger partial charge in [0.05, 0.1) is 6.54 Å². The van der Waals surface area contributed by atoms with Gasteiger partial charge in [0.15, 0.2) is 0 Å². The molecule has 0 aliphatic carbocycles. The molecule has 0 spiro atoms. The molecule has 192 valence electrons. The lowest BCUT2D eigenvalue weighted by Crippen LogP contribution is -2.31. The van der Waals surface area contributed by atoms with Crippen LogP contribution in [-0.2, 0) is 17.9 Å². The van der Waals surface area contributed by atoms with Gasteiger partial charge in [0.25, 0.3) is 0 Å². The molecule has 0 atom stereocenters. The van der Waals surface area contributed by atoms with Crippen LogP contribution in [0.1, 0.15) is 122 Å². The van der Waals surface area contributed by atoms with Crippen molar-refractivity contribution in [1.82, 2.24) is 4.57 Å². The molecule has 0 aliphatic heterocycles. The summed E-state index contributed by atoms with van der Waals surface area (Å²) >= 11 is 0. The zero-order valence-corrected chi connectivity index (χ0v) is 22.1. The smallest absolute Gasteiger partial charge is 0.244 e. The molecule has 34 heavy (non-hydrogen) atoms. The van der Waals surface area contributed by atoms with Crippen LogP contribution >= 0.6 is 0 Å². The van der Waals surface area contributed by atoms with Crippen LogP contribution in [0.15, 0.2) is 49.1 Å². The lowest BCUT2D eigenvalue weighted by molar-refractivity contribution is -0.687. The predicted octanol–water partition coefficient (Wildman–Crippen LogP) is 6.84. The molecule has 0 bridgehead atoms. The molecule has 1 aromatic carbocycles. The summed E-state index contributed by atoms with van der Waals surface area (Å²) in [5.41, 5.74) is 1.36. The monoisotopic (exact) mass is 470 g/mol. The molecule has 0 fully saturated rings. The standard InChI is InChI=1S/C28H47N2.C2H4O2/c1-2-3-4-5-6-7-8-9-10-11-12-13-14-15-16-20-23-29-24-25-30(27-29)26-28-21-18-17-19-22-28;1-2(3)4/h17-19,21-22,24-25,27H,2-16,20,23,26H2,1H3;1H3,(H,3,4)/q+1;/p-1. The topological polar surface area (TPSA) is 48.9 Å². The van der Waals surface area contributed by atoms with E-state index in [-0.39, 0.29) is 0 Å². The van der Waals surface area contributed by atoms with Crippen molar-refractivity contribution in [2.45, 2.75) is 130 Å². The Bertz CT molecular complexity index is 708. The minimum absolute atomic E-state index is 0.965. The van der Waals surface area contributed by atoms with Crippen molar-refractivity contribution in [3.8, 4) is 0 Å². The average Bonchev–Trinajstić information content (AvgIpc) is 3.26. The fourth-order valence-electron chi connectivity index (χ4n) is 4.30. The van der Waals surface area contributed by atoms with E-state index in [1.165, 1.54) is 108 Å². The van der Waals surface area contributed by atoms with Crippen LogP contribution in [0.4, 0.5) is 0 Å².